The van der Waals surface area contributed by atoms with Crippen LogP contribution in [0.15, 0.2) is 0 Å². The number of hydrogen-bond donors (Lipinski definition) is 0. The first-order chi connectivity index (χ1) is 5.81. The van der Waals surface area contributed by atoms with Gasteiger partial charge in [-0.3, -0.25) is 4.79 Å². The van der Waals surface area contributed by atoms with Gasteiger partial charge in [-0.25, -0.2) is 8.42 Å². The van der Waals surface area contributed by atoms with Crippen molar-refractivity contribution in [1.82, 2.24) is 0 Å². The van der Waals surface area contributed by atoms with Crippen LogP contribution >= 0.6 is 40.0 Å². The summed E-state index contributed by atoms with van der Waals surface area (Å²) in [5.41, 5.74) is 8.02. The van der Waals surface area contributed by atoms with Gasteiger partial charge in [0.05, 0.1) is 6.26 Å². The van der Waals surface area contributed by atoms with Crippen LogP contribution in [0.3, 0.4) is 0 Å². The van der Waals surface area contributed by atoms with Crippen LogP contribution in [0.4, 0.5) is 0 Å². The molecule has 0 saturated carbocycles. The van der Waals surface area contributed by atoms with Crippen LogP contribution < -0.4 is 0 Å². The average Bonchev–Trinajstić information content (AvgIpc) is 1.85. The molecule has 0 aliphatic carbocycles. The molecule has 0 aromatic rings. The van der Waals surface area contributed by atoms with E-state index in [1.165, 1.54) is 0 Å². The molecular weight excluding hydrogens is 461 g/mol. The molecule has 0 aliphatic heterocycles. The Bertz CT molecular complexity index is 322. The maximum absolute atomic E-state index is 10.5. The molecule has 0 atom stereocenters. The number of nitrogens with zero attached hydrogens (tertiary/aromatic N) is 2. The first-order valence-electron chi connectivity index (χ1n) is 2.66. The molecule has 5 nitrogen and oxygen atoms in total. The van der Waals surface area contributed by atoms with E-state index in [0.717, 1.165) is 13.2 Å². The SMILES string of the molecule is CC(=O)C(=[N+]=[N-])S(C)(=O)=O.[I][V][I]. The molecule has 0 aliphatic rings. The topological polar surface area (TPSA) is 87.6 Å². The van der Waals surface area contributed by atoms with Crippen LogP contribution in [0.1, 0.15) is 6.92 Å². The van der Waals surface area contributed by atoms with Gasteiger partial charge in [-0.1, -0.05) is 0 Å². The first kappa shape index (κ1) is 16.5. The molecule has 0 aromatic heterocycles. The van der Waals surface area contributed by atoms with Gasteiger partial charge in [-0.05, 0) is 0 Å². The van der Waals surface area contributed by atoms with Gasteiger partial charge in [0.2, 0.25) is 0 Å². The predicted molar refractivity (Wildman–Crippen MR) is 62.2 cm³/mol. The summed E-state index contributed by atoms with van der Waals surface area (Å²) in [4.78, 5) is 12.7. The minimum absolute atomic E-state index is 0.628. The molecule has 0 radical (unpaired) electrons. The summed E-state index contributed by atoms with van der Waals surface area (Å²) in [7, 11) is -3.04. The average molecular weight is 467 g/mol. The van der Waals surface area contributed by atoms with Crippen molar-refractivity contribution in [3.63, 3.8) is 0 Å². The summed E-state index contributed by atoms with van der Waals surface area (Å²) in [6.45, 7) is 1.01. The molecule has 0 rings (SSSR count). The Balaban J connectivity index is 0. The van der Waals surface area contributed by atoms with E-state index in [1.54, 1.807) is 0 Å². The Morgan fingerprint density at radius 1 is 1.46 bits per heavy atom. The van der Waals surface area contributed by atoms with Gasteiger partial charge >= 0.3 is 54.5 Å². The van der Waals surface area contributed by atoms with E-state index in [1.807, 2.05) is 0 Å². The summed E-state index contributed by atoms with van der Waals surface area (Å²) < 4.78 is 21.0. The van der Waals surface area contributed by atoms with Crippen LogP contribution in [-0.2, 0) is 24.1 Å². The zero-order valence-electron chi connectivity index (χ0n) is 6.73. The number of carbonyl (C=O) groups is 1. The molecule has 0 N–H and O–H groups in total. The van der Waals surface area contributed by atoms with Crippen molar-refractivity contribution >= 4 is 60.6 Å². The van der Waals surface area contributed by atoms with Crippen molar-refractivity contribution in [3.8, 4) is 0 Å². The number of ketones is 1. The van der Waals surface area contributed by atoms with Gasteiger partial charge in [0.15, 0.2) is 0 Å². The molecule has 0 bridgehead atoms. The molecule has 0 spiro atoms. The van der Waals surface area contributed by atoms with E-state index in [0.29, 0.717) is 9.47 Å². The summed E-state index contributed by atoms with van der Waals surface area (Å²) >= 11 is 4.74. The van der Waals surface area contributed by atoms with Gasteiger partial charge in [-0.2, -0.15) is 0 Å². The Morgan fingerprint density at radius 3 is 1.77 bits per heavy atom. The van der Waals surface area contributed by atoms with E-state index in [4.69, 9.17) is 5.53 Å². The molecule has 0 saturated heterocycles. The fraction of sp³-hybridized carbons (Fsp3) is 0.500. The molecular formula is C4H6I2N2O3SV. The van der Waals surface area contributed by atoms with Crippen molar-refractivity contribution in [1.29, 1.82) is 0 Å². The maximum atomic E-state index is 10.5. The first-order valence-corrected chi connectivity index (χ1v) is 13.6. The second-order valence-electron chi connectivity index (χ2n) is 1.80. The van der Waals surface area contributed by atoms with Crippen LogP contribution in [0, 0.1) is 0 Å². The third kappa shape index (κ3) is 9.35. The van der Waals surface area contributed by atoms with E-state index in [2.05, 4.69) is 44.7 Å². The van der Waals surface area contributed by atoms with Crippen LogP contribution in [-0.4, -0.2) is 30.3 Å². The number of halogens is 2. The zero-order valence-corrected chi connectivity index (χ0v) is 13.3. The van der Waals surface area contributed by atoms with E-state index < -0.39 is 20.7 Å². The van der Waals surface area contributed by atoms with Gasteiger partial charge in [0.25, 0.3) is 15.6 Å². The molecule has 0 aromatic carbocycles. The summed E-state index contributed by atoms with van der Waals surface area (Å²) in [6, 6.07) is 0. The molecule has 9 heteroatoms. The third-order valence-electron chi connectivity index (χ3n) is 0.743. The summed E-state index contributed by atoms with van der Waals surface area (Å²) in [5, 5.41) is -0.812. The molecule has 0 amide bonds. The number of hydrogen-bond acceptors (Lipinski definition) is 3. The van der Waals surface area contributed by atoms with Gasteiger partial charge in [-0.15, -0.1) is 4.79 Å². The number of Topliss-reactive ketones (excluding diaryl/α,β-unsaturated/α-hetero) is 1. The monoisotopic (exact) mass is 467 g/mol. The van der Waals surface area contributed by atoms with Crippen molar-refractivity contribution in [2.45, 2.75) is 6.92 Å². The molecule has 75 valence electrons. The van der Waals surface area contributed by atoms with Gasteiger partial charge in [0.1, 0.15) is 0 Å². The predicted octanol–water partition coefficient (Wildman–Crippen LogP) is 1.02. The fourth-order valence-corrected chi connectivity index (χ4v) is 1.08. The zero-order chi connectivity index (χ0) is 11.1. The minimum atomic E-state index is -3.66. The van der Waals surface area contributed by atoms with Crippen molar-refractivity contribution in [3.05, 3.63) is 5.53 Å². The number of rotatable bonds is 1. The molecule has 0 heterocycles. The second-order valence-corrected chi connectivity index (χ2v) is 15.5. The number of carbonyl (C=O) groups excluding carboxylic acids is 1. The quantitative estimate of drug-likeness (QED) is 0.190. The normalized spacial score (nSPS) is 8.92. The van der Waals surface area contributed by atoms with Crippen molar-refractivity contribution < 1.29 is 27.5 Å². The fourth-order valence-electron chi connectivity index (χ4n) is 0.406. The number of sulfone groups is 1. The standard InChI is InChI=1S/C4H6N2O3S.2HI.V/c1-3(7)4(6-5)10(2,8)9;;;/h1-2H3;2*1H;/q;;;+2/p-2. The summed E-state index contributed by atoms with van der Waals surface area (Å²) in [5.74, 6) is -0.773. The second kappa shape index (κ2) is 8.36. The van der Waals surface area contributed by atoms with E-state index >= 15 is 0 Å². The Morgan fingerprint density at radius 2 is 1.77 bits per heavy atom. The molecule has 13 heavy (non-hydrogen) atoms. The van der Waals surface area contributed by atoms with Crippen molar-refractivity contribution in [2.24, 2.45) is 0 Å². The Kier molecular flexibility index (Phi) is 10.6. The van der Waals surface area contributed by atoms with E-state index in [-0.39, 0.29) is 0 Å². The van der Waals surface area contributed by atoms with Gasteiger partial charge < -0.3 is 5.53 Å². The summed E-state index contributed by atoms with van der Waals surface area (Å²) in [6.07, 6.45) is 0.795. The third-order valence-corrected chi connectivity index (χ3v) is 1.81. The van der Waals surface area contributed by atoms with Crippen LogP contribution in [0.25, 0.3) is 5.53 Å². The van der Waals surface area contributed by atoms with Gasteiger partial charge in [0, 0.05) is 6.92 Å². The van der Waals surface area contributed by atoms with Crippen LogP contribution in [0.2, 0.25) is 0 Å². The molecule has 0 fully saturated rings. The Labute approximate surface area is 105 Å². The van der Waals surface area contributed by atoms with Crippen molar-refractivity contribution in [2.75, 3.05) is 6.26 Å². The van der Waals surface area contributed by atoms with E-state index in [9.17, 15) is 13.2 Å². The van der Waals surface area contributed by atoms with Crippen LogP contribution in [0.5, 0.6) is 0 Å². The Hall–Kier alpha value is 1.04. The molecule has 0 unspecified atom stereocenters.